The van der Waals surface area contributed by atoms with E-state index in [0.29, 0.717) is 0 Å². The van der Waals surface area contributed by atoms with Crippen molar-refractivity contribution in [3.8, 4) is 44.6 Å². The van der Waals surface area contributed by atoms with Crippen LogP contribution in [0.15, 0.2) is 162 Å². The second-order valence-corrected chi connectivity index (χ2v) is 12.0. The maximum absolute atomic E-state index is 5.31. The molecular formula is C43H25N3. The first-order chi connectivity index (χ1) is 22.8. The van der Waals surface area contributed by atoms with Gasteiger partial charge in [-0.05, 0) is 86.8 Å². The third-order valence-corrected chi connectivity index (χ3v) is 9.40. The minimum atomic E-state index is 0.929. The Morgan fingerprint density at radius 3 is 2.07 bits per heavy atom. The minimum absolute atomic E-state index is 0.929. The van der Waals surface area contributed by atoms with Crippen LogP contribution in [0, 0.1) is 10.4 Å². The van der Waals surface area contributed by atoms with Crippen molar-refractivity contribution in [2.24, 2.45) is 9.98 Å². The van der Waals surface area contributed by atoms with E-state index in [9.17, 15) is 0 Å². The maximum atomic E-state index is 5.31. The van der Waals surface area contributed by atoms with E-state index in [2.05, 4.69) is 140 Å². The van der Waals surface area contributed by atoms with Gasteiger partial charge < -0.3 is 0 Å². The molecule has 0 saturated carbocycles. The number of para-hydroxylation sites is 1. The molecule has 46 heavy (non-hydrogen) atoms. The summed E-state index contributed by atoms with van der Waals surface area (Å²) in [6.45, 7) is 0. The van der Waals surface area contributed by atoms with E-state index in [-0.39, 0.29) is 0 Å². The normalized spacial score (nSPS) is 12.3. The molecule has 3 heteroatoms. The molecule has 7 aromatic carbocycles. The molecule has 0 N–H and O–H groups in total. The Bertz CT molecular complexity index is 2790. The first kappa shape index (κ1) is 25.2. The highest BCUT2D eigenvalue weighted by atomic mass is 14.8. The fraction of sp³-hybridized carbons (Fsp3) is 0. The van der Waals surface area contributed by atoms with Crippen LogP contribution in [0.5, 0.6) is 0 Å². The summed E-state index contributed by atoms with van der Waals surface area (Å²) in [4.78, 5) is 15.5. The van der Waals surface area contributed by atoms with Crippen molar-refractivity contribution in [1.29, 1.82) is 0 Å². The summed E-state index contributed by atoms with van der Waals surface area (Å²) in [5.41, 5.74) is 10.7. The Balaban J connectivity index is 1.42. The number of aromatic nitrogens is 1. The summed E-state index contributed by atoms with van der Waals surface area (Å²) in [6.07, 6.45) is 1.89. The van der Waals surface area contributed by atoms with Crippen molar-refractivity contribution in [1.82, 2.24) is 4.98 Å². The molecule has 3 heterocycles. The standard InChI is InChI=1S/C43H25N3/c1-2-11-26(12-3-1)34-25-38-41(42-37(45-38)21-20-32-30-16-6-7-18-35(30)46-43(32)42)40(39(34)36-19-8-9-22-44-36)31-17-10-15-29-23-27-13-4-5-14-28(27)24-33(29)31/h1-25H. The van der Waals surface area contributed by atoms with Crippen LogP contribution in [-0.4, -0.2) is 4.98 Å². The molecule has 0 amide bonds. The largest absolute Gasteiger partial charge is 0.256 e. The van der Waals surface area contributed by atoms with E-state index in [1.807, 2.05) is 12.3 Å². The van der Waals surface area contributed by atoms with Crippen molar-refractivity contribution in [2.45, 2.75) is 0 Å². The van der Waals surface area contributed by atoms with Gasteiger partial charge in [0.15, 0.2) is 0 Å². The monoisotopic (exact) mass is 583 g/mol. The molecule has 0 aliphatic carbocycles. The summed E-state index contributed by atoms with van der Waals surface area (Å²) in [7, 11) is 0. The molecule has 0 radical (unpaired) electrons. The zero-order valence-electron chi connectivity index (χ0n) is 24.8. The average molecular weight is 584 g/mol. The highest BCUT2D eigenvalue weighted by molar-refractivity contribution is 6.14. The number of hydrogen-bond acceptors (Lipinski definition) is 3. The molecule has 3 nitrogen and oxygen atoms in total. The van der Waals surface area contributed by atoms with E-state index in [4.69, 9.17) is 15.0 Å². The first-order valence-corrected chi connectivity index (χ1v) is 15.6. The van der Waals surface area contributed by atoms with Gasteiger partial charge in [-0.15, -0.1) is 0 Å². The zero-order valence-corrected chi connectivity index (χ0v) is 24.8. The summed E-state index contributed by atoms with van der Waals surface area (Å²) >= 11 is 0. The zero-order chi connectivity index (χ0) is 30.2. The van der Waals surface area contributed by atoms with Gasteiger partial charge in [0, 0.05) is 38.9 Å². The van der Waals surface area contributed by atoms with Crippen molar-refractivity contribution in [3.05, 3.63) is 173 Å². The Kier molecular flexibility index (Phi) is 5.28. The summed E-state index contributed by atoms with van der Waals surface area (Å²) in [5.74, 6) is 0. The molecular weight excluding hydrogens is 558 g/mol. The van der Waals surface area contributed by atoms with Crippen LogP contribution >= 0.6 is 0 Å². The molecule has 2 aliphatic rings. The fourth-order valence-corrected chi connectivity index (χ4v) is 7.39. The lowest BCUT2D eigenvalue weighted by molar-refractivity contribution is 1.33. The van der Waals surface area contributed by atoms with Crippen molar-refractivity contribution < 1.29 is 0 Å². The van der Waals surface area contributed by atoms with E-state index in [0.717, 1.165) is 77.2 Å². The SMILES string of the molecule is c1ccc(-c2cc3c(c(-c4cccc5cc6ccccc6cc45)c2-c2ccccn2)-c2c4c(ccc2=N3)=c2ccccc2=N4)cc1. The lowest BCUT2D eigenvalue weighted by Gasteiger charge is -2.21. The highest BCUT2D eigenvalue weighted by Gasteiger charge is 2.30. The van der Waals surface area contributed by atoms with Crippen LogP contribution in [0.25, 0.3) is 66.2 Å². The van der Waals surface area contributed by atoms with Crippen LogP contribution in [-0.2, 0) is 0 Å². The van der Waals surface area contributed by atoms with Gasteiger partial charge in [-0.1, -0.05) is 97.1 Å². The molecule has 1 aromatic heterocycles. The number of hydrogen-bond donors (Lipinski definition) is 0. The Hall–Kier alpha value is -6.19. The molecule has 0 fully saturated rings. The van der Waals surface area contributed by atoms with Crippen molar-refractivity contribution in [2.75, 3.05) is 0 Å². The molecule has 0 bridgehead atoms. The smallest absolute Gasteiger partial charge is 0.0817 e. The second kappa shape index (κ2) is 9.65. The van der Waals surface area contributed by atoms with E-state index >= 15 is 0 Å². The summed E-state index contributed by atoms with van der Waals surface area (Å²) < 4.78 is 0. The van der Waals surface area contributed by atoms with Crippen LogP contribution in [0.1, 0.15) is 0 Å². The average Bonchev–Trinajstić information content (AvgIpc) is 3.69. The fourth-order valence-electron chi connectivity index (χ4n) is 7.39. The molecule has 212 valence electrons. The van der Waals surface area contributed by atoms with Crippen LogP contribution in [0.2, 0.25) is 0 Å². The molecule has 8 aromatic rings. The van der Waals surface area contributed by atoms with Crippen molar-refractivity contribution in [3.63, 3.8) is 0 Å². The molecule has 10 rings (SSSR count). The lowest BCUT2D eigenvalue weighted by atomic mass is 9.82. The number of benzene rings is 7. The number of fused-ring (bicyclic) bond motifs is 8. The van der Waals surface area contributed by atoms with Gasteiger partial charge in [0.2, 0.25) is 0 Å². The van der Waals surface area contributed by atoms with Crippen LogP contribution in [0.4, 0.5) is 11.4 Å². The first-order valence-electron chi connectivity index (χ1n) is 15.6. The van der Waals surface area contributed by atoms with E-state index in [1.165, 1.54) is 21.5 Å². The maximum Gasteiger partial charge on any atom is 0.0817 e. The van der Waals surface area contributed by atoms with E-state index in [1.54, 1.807) is 0 Å². The Labute approximate surface area is 264 Å². The number of rotatable bonds is 3. The molecule has 2 aliphatic heterocycles. The third-order valence-electron chi connectivity index (χ3n) is 9.40. The van der Waals surface area contributed by atoms with Crippen molar-refractivity contribution >= 4 is 32.9 Å². The van der Waals surface area contributed by atoms with E-state index < -0.39 is 0 Å². The van der Waals surface area contributed by atoms with Crippen LogP contribution in [0.3, 0.4) is 0 Å². The van der Waals surface area contributed by atoms with Crippen LogP contribution < -0.4 is 10.7 Å². The third kappa shape index (κ3) is 3.63. The number of nitrogens with zero attached hydrogens (tertiary/aromatic N) is 3. The number of pyridine rings is 1. The van der Waals surface area contributed by atoms with Gasteiger partial charge in [-0.25, -0.2) is 9.98 Å². The quantitative estimate of drug-likeness (QED) is 0.191. The van der Waals surface area contributed by atoms with Gasteiger partial charge in [-0.2, -0.15) is 0 Å². The van der Waals surface area contributed by atoms with Gasteiger partial charge in [0.25, 0.3) is 0 Å². The van der Waals surface area contributed by atoms with Gasteiger partial charge >= 0.3 is 0 Å². The molecule has 0 saturated heterocycles. The highest BCUT2D eigenvalue weighted by Crippen LogP contribution is 2.53. The van der Waals surface area contributed by atoms with Gasteiger partial charge in [0.05, 0.1) is 27.8 Å². The second-order valence-electron chi connectivity index (χ2n) is 12.0. The van der Waals surface area contributed by atoms with Gasteiger partial charge in [0.1, 0.15) is 0 Å². The molecule has 0 unspecified atom stereocenters. The molecule has 0 spiro atoms. The summed E-state index contributed by atoms with van der Waals surface area (Å²) in [6, 6.07) is 51.7. The molecule has 0 atom stereocenters. The summed E-state index contributed by atoms with van der Waals surface area (Å²) in [5, 5.41) is 9.12. The predicted octanol–water partition coefficient (Wildman–Crippen LogP) is 9.87. The van der Waals surface area contributed by atoms with Gasteiger partial charge in [-0.3, -0.25) is 4.98 Å². The Morgan fingerprint density at radius 1 is 0.413 bits per heavy atom. The topological polar surface area (TPSA) is 37.6 Å². The lowest BCUT2D eigenvalue weighted by Crippen LogP contribution is -2.02. The minimum Gasteiger partial charge on any atom is -0.256 e. The predicted molar refractivity (Wildman–Crippen MR) is 187 cm³/mol. The Morgan fingerprint density at radius 2 is 1.20 bits per heavy atom.